The Morgan fingerprint density at radius 2 is 2.29 bits per heavy atom. The molecule has 17 heavy (non-hydrogen) atoms. The monoisotopic (exact) mass is 237 g/mol. The van der Waals surface area contributed by atoms with Gasteiger partial charge in [-0.1, -0.05) is 6.92 Å². The zero-order valence-corrected chi connectivity index (χ0v) is 10.1. The van der Waals surface area contributed by atoms with Crippen molar-refractivity contribution in [1.82, 2.24) is 9.97 Å². The van der Waals surface area contributed by atoms with Crippen molar-refractivity contribution in [3.8, 4) is 0 Å². The van der Waals surface area contributed by atoms with E-state index < -0.39 is 0 Å². The molecule has 1 atom stereocenters. The highest BCUT2D eigenvalue weighted by molar-refractivity contribution is 5.56. The molecular weight excluding hydrogens is 218 g/mol. The van der Waals surface area contributed by atoms with Crippen LogP contribution in [0.15, 0.2) is 6.33 Å². The standard InChI is InChI=1S/C11H19N5O/c1-2-9-10(14-7-15-11(9)16-12)13-6-8-4-3-5-17-8/h7-8H,2-6,12H2,1H3,(H2,13,14,15,16). The van der Waals surface area contributed by atoms with E-state index in [0.717, 1.165) is 43.8 Å². The number of hydrogen-bond donors (Lipinski definition) is 3. The fraction of sp³-hybridized carbons (Fsp3) is 0.636. The fourth-order valence-electron chi connectivity index (χ4n) is 2.04. The quantitative estimate of drug-likeness (QED) is 0.521. The lowest BCUT2D eigenvalue weighted by molar-refractivity contribution is 0.120. The van der Waals surface area contributed by atoms with Crippen LogP contribution >= 0.6 is 0 Å². The van der Waals surface area contributed by atoms with Gasteiger partial charge in [0.05, 0.1) is 6.10 Å². The molecule has 1 unspecified atom stereocenters. The summed E-state index contributed by atoms with van der Waals surface area (Å²) < 4.78 is 5.56. The minimum Gasteiger partial charge on any atom is -0.376 e. The average molecular weight is 237 g/mol. The second kappa shape index (κ2) is 5.79. The molecule has 0 bridgehead atoms. The van der Waals surface area contributed by atoms with Crippen LogP contribution in [0.25, 0.3) is 0 Å². The zero-order chi connectivity index (χ0) is 12.1. The number of rotatable bonds is 5. The van der Waals surface area contributed by atoms with Crippen LogP contribution in [0.5, 0.6) is 0 Å². The molecule has 1 aromatic rings. The first-order chi connectivity index (χ1) is 8.35. The summed E-state index contributed by atoms with van der Waals surface area (Å²) in [5.41, 5.74) is 3.60. The summed E-state index contributed by atoms with van der Waals surface area (Å²) in [5.74, 6) is 6.94. The van der Waals surface area contributed by atoms with Gasteiger partial charge >= 0.3 is 0 Å². The fourth-order valence-corrected chi connectivity index (χ4v) is 2.04. The smallest absolute Gasteiger partial charge is 0.148 e. The third kappa shape index (κ3) is 2.83. The number of nitrogens with zero attached hydrogens (tertiary/aromatic N) is 2. The van der Waals surface area contributed by atoms with E-state index in [4.69, 9.17) is 10.6 Å². The van der Waals surface area contributed by atoms with Crippen molar-refractivity contribution in [3.05, 3.63) is 11.9 Å². The number of nitrogens with two attached hydrogens (primary N) is 1. The van der Waals surface area contributed by atoms with Crippen LogP contribution in [0.2, 0.25) is 0 Å². The molecule has 4 N–H and O–H groups in total. The average Bonchev–Trinajstić information content (AvgIpc) is 2.88. The van der Waals surface area contributed by atoms with Crippen LogP contribution in [0, 0.1) is 0 Å². The van der Waals surface area contributed by atoms with E-state index in [9.17, 15) is 0 Å². The predicted octanol–water partition coefficient (Wildman–Crippen LogP) is 0.915. The topological polar surface area (TPSA) is 85.1 Å². The Morgan fingerprint density at radius 3 is 2.94 bits per heavy atom. The van der Waals surface area contributed by atoms with Gasteiger partial charge in [0.15, 0.2) is 0 Å². The largest absolute Gasteiger partial charge is 0.376 e. The lowest BCUT2D eigenvalue weighted by atomic mass is 10.2. The summed E-state index contributed by atoms with van der Waals surface area (Å²) in [6.45, 7) is 3.71. The molecule has 1 fully saturated rings. The van der Waals surface area contributed by atoms with E-state index in [1.54, 1.807) is 0 Å². The molecular formula is C11H19N5O. The Morgan fingerprint density at radius 1 is 1.47 bits per heavy atom. The molecule has 1 saturated heterocycles. The van der Waals surface area contributed by atoms with Crippen LogP contribution < -0.4 is 16.6 Å². The number of anilines is 2. The molecule has 6 heteroatoms. The maximum atomic E-state index is 5.56. The maximum absolute atomic E-state index is 5.56. The van der Waals surface area contributed by atoms with Crippen LogP contribution in [0.1, 0.15) is 25.3 Å². The van der Waals surface area contributed by atoms with E-state index in [0.29, 0.717) is 11.9 Å². The van der Waals surface area contributed by atoms with E-state index in [1.807, 2.05) is 0 Å². The second-order valence-corrected chi connectivity index (χ2v) is 4.06. The Labute approximate surface area is 101 Å². The van der Waals surface area contributed by atoms with E-state index >= 15 is 0 Å². The first-order valence-electron chi connectivity index (χ1n) is 6.01. The number of hydrogen-bond acceptors (Lipinski definition) is 6. The van der Waals surface area contributed by atoms with E-state index in [2.05, 4.69) is 27.6 Å². The number of nitrogen functional groups attached to an aromatic ring is 1. The van der Waals surface area contributed by atoms with Gasteiger partial charge in [0.1, 0.15) is 18.0 Å². The van der Waals surface area contributed by atoms with Crippen LogP contribution in [-0.4, -0.2) is 29.2 Å². The van der Waals surface area contributed by atoms with Crippen molar-refractivity contribution < 1.29 is 4.74 Å². The van der Waals surface area contributed by atoms with Gasteiger partial charge in [0.2, 0.25) is 0 Å². The molecule has 0 spiro atoms. The van der Waals surface area contributed by atoms with Gasteiger partial charge in [-0.2, -0.15) is 0 Å². The summed E-state index contributed by atoms with van der Waals surface area (Å²) in [5, 5.41) is 3.31. The van der Waals surface area contributed by atoms with Crippen molar-refractivity contribution in [2.24, 2.45) is 5.84 Å². The third-order valence-electron chi connectivity index (χ3n) is 2.96. The highest BCUT2D eigenvalue weighted by Gasteiger charge is 2.16. The van der Waals surface area contributed by atoms with Gasteiger partial charge in [-0.15, -0.1) is 0 Å². The summed E-state index contributed by atoms with van der Waals surface area (Å²) in [6.07, 6.45) is 4.89. The second-order valence-electron chi connectivity index (χ2n) is 4.06. The molecule has 0 radical (unpaired) electrons. The lowest BCUT2D eigenvalue weighted by Crippen LogP contribution is -2.21. The summed E-state index contributed by atoms with van der Waals surface area (Å²) in [6, 6.07) is 0. The van der Waals surface area contributed by atoms with Crippen LogP contribution in [-0.2, 0) is 11.2 Å². The molecule has 0 saturated carbocycles. The Balaban J connectivity index is 2.03. The molecule has 0 aromatic carbocycles. The minimum absolute atomic E-state index is 0.295. The zero-order valence-electron chi connectivity index (χ0n) is 10.1. The summed E-state index contributed by atoms with van der Waals surface area (Å²) in [7, 11) is 0. The highest BCUT2D eigenvalue weighted by Crippen LogP contribution is 2.20. The van der Waals surface area contributed by atoms with Gasteiger partial charge in [0, 0.05) is 18.7 Å². The van der Waals surface area contributed by atoms with Crippen molar-refractivity contribution in [1.29, 1.82) is 0 Å². The molecule has 0 aliphatic carbocycles. The molecule has 1 aromatic heterocycles. The van der Waals surface area contributed by atoms with E-state index in [1.165, 1.54) is 6.33 Å². The van der Waals surface area contributed by atoms with Gasteiger partial charge in [-0.25, -0.2) is 15.8 Å². The van der Waals surface area contributed by atoms with Crippen molar-refractivity contribution in [2.75, 3.05) is 23.9 Å². The van der Waals surface area contributed by atoms with Gasteiger partial charge in [0.25, 0.3) is 0 Å². The summed E-state index contributed by atoms with van der Waals surface area (Å²) in [4.78, 5) is 8.34. The molecule has 6 nitrogen and oxygen atoms in total. The highest BCUT2D eigenvalue weighted by atomic mass is 16.5. The Hall–Kier alpha value is -1.40. The first kappa shape index (κ1) is 12.1. The number of ether oxygens (including phenoxy) is 1. The third-order valence-corrected chi connectivity index (χ3v) is 2.96. The van der Waals surface area contributed by atoms with Crippen molar-refractivity contribution in [2.45, 2.75) is 32.3 Å². The molecule has 2 heterocycles. The van der Waals surface area contributed by atoms with Crippen molar-refractivity contribution >= 4 is 11.6 Å². The van der Waals surface area contributed by atoms with Gasteiger partial charge in [-0.3, -0.25) is 0 Å². The first-order valence-corrected chi connectivity index (χ1v) is 6.01. The number of nitrogens with one attached hydrogen (secondary N) is 2. The minimum atomic E-state index is 0.295. The summed E-state index contributed by atoms with van der Waals surface area (Å²) >= 11 is 0. The van der Waals surface area contributed by atoms with Crippen molar-refractivity contribution in [3.63, 3.8) is 0 Å². The molecule has 94 valence electrons. The Bertz CT molecular complexity index is 365. The normalized spacial score (nSPS) is 19.3. The maximum Gasteiger partial charge on any atom is 0.148 e. The van der Waals surface area contributed by atoms with Gasteiger partial charge in [-0.05, 0) is 19.3 Å². The SMILES string of the molecule is CCc1c(NN)ncnc1NCC1CCCO1. The lowest BCUT2D eigenvalue weighted by Gasteiger charge is -2.15. The molecule has 2 rings (SSSR count). The molecule has 0 amide bonds. The number of hydrazine groups is 1. The van der Waals surface area contributed by atoms with Crippen LogP contribution in [0.3, 0.4) is 0 Å². The predicted molar refractivity (Wildman–Crippen MR) is 66.7 cm³/mol. The number of aromatic nitrogens is 2. The van der Waals surface area contributed by atoms with E-state index in [-0.39, 0.29) is 0 Å². The molecule has 1 aliphatic heterocycles. The van der Waals surface area contributed by atoms with Crippen LogP contribution in [0.4, 0.5) is 11.6 Å². The Kier molecular flexibility index (Phi) is 4.11. The van der Waals surface area contributed by atoms with Gasteiger partial charge < -0.3 is 15.5 Å². The molecule has 1 aliphatic rings.